The lowest BCUT2D eigenvalue weighted by Gasteiger charge is -2.13. The average Bonchev–Trinajstić information content (AvgIpc) is 2.56. The summed E-state index contributed by atoms with van der Waals surface area (Å²) in [6.45, 7) is 3.43. The Kier molecular flexibility index (Phi) is 4.88. The number of aromatic nitrogens is 3. The summed E-state index contributed by atoms with van der Waals surface area (Å²) in [5.41, 5.74) is 1.41. The highest BCUT2D eigenvalue weighted by atomic mass is 79.9. The number of pyridine rings is 1. The van der Waals surface area contributed by atoms with E-state index < -0.39 is 11.7 Å². The van der Waals surface area contributed by atoms with Gasteiger partial charge >= 0.3 is 6.18 Å². The number of hydrogen-bond acceptors (Lipinski definition) is 3. The second-order valence-electron chi connectivity index (χ2n) is 5.97. The largest absolute Gasteiger partial charge is 0.416 e. The van der Waals surface area contributed by atoms with Gasteiger partial charge in [-0.05, 0) is 53.0 Å². The van der Waals surface area contributed by atoms with Crippen LogP contribution in [0.1, 0.15) is 22.5 Å². The summed E-state index contributed by atoms with van der Waals surface area (Å²) in [6, 6.07) is 5.95. The van der Waals surface area contributed by atoms with Crippen molar-refractivity contribution in [3.8, 4) is 0 Å². The maximum atomic E-state index is 13.1. The molecule has 4 nitrogen and oxygen atoms in total. The lowest BCUT2D eigenvalue weighted by Crippen LogP contribution is -2.17. The zero-order chi connectivity index (χ0) is 19.1. The molecule has 0 radical (unpaired) electrons. The van der Waals surface area contributed by atoms with Crippen LogP contribution in [0.5, 0.6) is 0 Å². The number of aryl methyl sites for hydroxylation is 2. The van der Waals surface area contributed by atoms with Crippen LogP contribution >= 0.6 is 15.9 Å². The number of benzene rings is 1. The molecule has 0 saturated carbocycles. The van der Waals surface area contributed by atoms with E-state index in [1.54, 1.807) is 18.3 Å². The quantitative estimate of drug-likeness (QED) is 0.569. The van der Waals surface area contributed by atoms with Crippen LogP contribution in [-0.2, 0) is 19.8 Å². The first-order valence-corrected chi connectivity index (χ1v) is 8.63. The van der Waals surface area contributed by atoms with Gasteiger partial charge in [-0.3, -0.25) is 4.99 Å². The molecule has 0 aliphatic heterocycles. The van der Waals surface area contributed by atoms with Gasteiger partial charge < -0.3 is 4.57 Å². The van der Waals surface area contributed by atoms with Crippen molar-refractivity contribution in [2.45, 2.75) is 26.6 Å². The van der Waals surface area contributed by atoms with Crippen molar-refractivity contribution < 1.29 is 13.2 Å². The van der Waals surface area contributed by atoms with Crippen molar-refractivity contribution in [3.05, 3.63) is 63.1 Å². The summed E-state index contributed by atoms with van der Waals surface area (Å²) in [7, 11) is 1.88. The van der Waals surface area contributed by atoms with E-state index in [2.05, 4.69) is 30.9 Å². The molecule has 3 aromatic rings. The Balaban J connectivity index is 2.13. The van der Waals surface area contributed by atoms with Gasteiger partial charge in [-0.15, -0.1) is 0 Å². The van der Waals surface area contributed by atoms with Gasteiger partial charge in [-0.2, -0.15) is 13.2 Å². The Morgan fingerprint density at radius 3 is 2.65 bits per heavy atom. The van der Waals surface area contributed by atoms with Crippen LogP contribution in [0.25, 0.3) is 10.9 Å². The molecule has 2 aromatic heterocycles. The molecule has 0 spiro atoms. The molecule has 0 fully saturated rings. The zero-order valence-corrected chi connectivity index (χ0v) is 16.0. The summed E-state index contributed by atoms with van der Waals surface area (Å²) >= 11 is 3.33. The first kappa shape index (κ1) is 18.6. The van der Waals surface area contributed by atoms with Crippen molar-refractivity contribution in [2.75, 3.05) is 0 Å². The van der Waals surface area contributed by atoms with E-state index in [-0.39, 0.29) is 12.1 Å². The number of halogens is 4. The predicted molar refractivity (Wildman–Crippen MR) is 96.4 cm³/mol. The molecule has 0 bridgehead atoms. The van der Waals surface area contributed by atoms with Gasteiger partial charge in [0.25, 0.3) is 0 Å². The summed E-state index contributed by atoms with van der Waals surface area (Å²) in [6.07, 6.45) is -2.67. The highest BCUT2D eigenvalue weighted by Gasteiger charge is 2.32. The fourth-order valence-electron chi connectivity index (χ4n) is 2.77. The van der Waals surface area contributed by atoms with Crippen LogP contribution in [0.15, 0.2) is 40.1 Å². The maximum Gasteiger partial charge on any atom is 0.416 e. The summed E-state index contributed by atoms with van der Waals surface area (Å²) in [5.74, 6) is 0.737. The maximum absolute atomic E-state index is 13.1. The van der Waals surface area contributed by atoms with Gasteiger partial charge in [0.1, 0.15) is 10.4 Å². The molecule has 0 aliphatic carbocycles. The van der Waals surface area contributed by atoms with Gasteiger partial charge in [0.05, 0.1) is 23.8 Å². The standard InChI is InChI=1S/C18H16BrF3N4/c1-10-12(5-4-6-14(10)18(20,21)22)8-24-17-13-7-16(19)23-9-15(13)26(3)11(2)25-17/h4-7,9H,8H2,1-3H3. The number of fused-ring (bicyclic) bond motifs is 1. The second-order valence-corrected chi connectivity index (χ2v) is 6.78. The third kappa shape index (κ3) is 3.51. The molecule has 0 aliphatic rings. The molecule has 1 aromatic carbocycles. The van der Waals surface area contributed by atoms with Crippen molar-refractivity contribution in [1.82, 2.24) is 14.5 Å². The van der Waals surface area contributed by atoms with E-state index in [0.717, 1.165) is 22.8 Å². The lowest BCUT2D eigenvalue weighted by molar-refractivity contribution is -0.138. The Labute approximate surface area is 156 Å². The molecule has 0 amide bonds. The first-order chi connectivity index (χ1) is 12.2. The topological polar surface area (TPSA) is 43.1 Å². The van der Waals surface area contributed by atoms with Crippen LogP contribution in [-0.4, -0.2) is 14.5 Å². The summed E-state index contributed by atoms with van der Waals surface area (Å²) in [5, 5.41) is 0.782. The summed E-state index contributed by atoms with van der Waals surface area (Å²) in [4.78, 5) is 13.2. The number of hydrogen-bond donors (Lipinski definition) is 0. The van der Waals surface area contributed by atoms with Gasteiger partial charge in [-0.1, -0.05) is 12.1 Å². The number of alkyl halides is 3. The van der Waals surface area contributed by atoms with Crippen molar-refractivity contribution in [2.24, 2.45) is 12.0 Å². The Bertz CT molecular complexity index is 1050. The molecule has 0 saturated heterocycles. The highest BCUT2D eigenvalue weighted by Crippen LogP contribution is 2.33. The third-order valence-electron chi connectivity index (χ3n) is 4.36. The average molecular weight is 425 g/mol. The van der Waals surface area contributed by atoms with E-state index in [4.69, 9.17) is 0 Å². The van der Waals surface area contributed by atoms with Crippen LogP contribution < -0.4 is 5.49 Å². The van der Waals surface area contributed by atoms with Gasteiger partial charge in [0.15, 0.2) is 5.49 Å². The lowest BCUT2D eigenvalue weighted by atomic mass is 10.0. The SMILES string of the molecule is Cc1c(CN=c2nc(C)n(C)c3cnc(Br)cc23)cccc1C(F)(F)F. The monoisotopic (exact) mass is 424 g/mol. The highest BCUT2D eigenvalue weighted by molar-refractivity contribution is 9.10. The first-order valence-electron chi connectivity index (χ1n) is 7.83. The normalized spacial score (nSPS) is 12.8. The minimum absolute atomic E-state index is 0.116. The second kappa shape index (κ2) is 6.83. The van der Waals surface area contributed by atoms with E-state index in [9.17, 15) is 13.2 Å². The smallest absolute Gasteiger partial charge is 0.331 e. The minimum Gasteiger partial charge on any atom is -0.331 e. The van der Waals surface area contributed by atoms with Crippen molar-refractivity contribution in [3.63, 3.8) is 0 Å². The summed E-state index contributed by atoms with van der Waals surface area (Å²) < 4.78 is 41.8. The Hall–Kier alpha value is -2.22. The van der Waals surface area contributed by atoms with Crippen molar-refractivity contribution >= 4 is 26.8 Å². The van der Waals surface area contributed by atoms with Crippen LogP contribution in [0.3, 0.4) is 0 Å². The van der Waals surface area contributed by atoms with Gasteiger partial charge in [0, 0.05) is 12.4 Å². The van der Waals surface area contributed by atoms with E-state index in [1.165, 1.54) is 13.0 Å². The Morgan fingerprint density at radius 2 is 1.96 bits per heavy atom. The van der Waals surface area contributed by atoms with E-state index in [1.807, 2.05) is 18.5 Å². The van der Waals surface area contributed by atoms with E-state index in [0.29, 0.717) is 15.7 Å². The Morgan fingerprint density at radius 1 is 1.23 bits per heavy atom. The van der Waals surface area contributed by atoms with Gasteiger partial charge in [-0.25, -0.2) is 9.97 Å². The molecule has 26 heavy (non-hydrogen) atoms. The molecule has 8 heteroatoms. The number of nitrogens with zero attached hydrogens (tertiary/aromatic N) is 4. The number of rotatable bonds is 2. The predicted octanol–water partition coefficient (Wildman–Crippen LogP) is 4.47. The van der Waals surface area contributed by atoms with Crippen LogP contribution in [0, 0.1) is 13.8 Å². The molecule has 2 heterocycles. The van der Waals surface area contributed by atoms with Crippen LogP contribution in [0.2, 0.25) is 0 Å². The molecular weight excluding hydrogens is 409 g/mol. The molecular formula is C18H16BrF3N4. The van der Waals surface area contributed by atoms with Gasteiger partial charge in [0.2, 0.25) is 0 Å². The fraction of sp³-hybridized carbons (Fsp3) is 0.278. The van der Waals surface area contributed by atoms with E-state index >= 15 is 0 Å². The van der Waals surface area contributed by atoms with Crippen molar-refractivity contribution in [1.29, 1.82) is 0 Å². The third-order valence-corrected chi connectivity index (χ3v) is 4.79. The fourth-order valence-corrected chi connectivity index (χ4v) is 3.11. The molecule has 3 rings (SSSR count). The molecule has 0 N–H and O–H groups in total. The zero-order valence-electron chi connectivity index (χ0n) is 14.4. The van der Waals surface area contributed by atoms with Crippen LogP contribution in [0.4, 0.5) is 13.2 Å². The molecule has 136 valence electrons. The minimum atomic E-state index is -4.38. The molecule has 0 atom stereocenters. The molecule has 0 unspecified atom stereocenters.